The average molecular weight is 283 g/mol. The number of benzene rings is 1. The first-order valence-corrected chi connectivity index (χ1v) is 6.95. The second-order valence-corrected chi connectivity index (χ2v) is 5.59. The highest BCUT2D eigenvalue weighted by Gasteiger charge is 2.51. The zero-order valence-corrected chi connectivity index (χ0v) is 12.0. The lowest BCUT2D eigenvalue weighted by Gasteiger charge is -2.25. The Kier molecular flexibility index (Phi) is 3.12. The van der Waals surface area contributed by atoms with E-state index in [1.807, 2.05) is 44.2 Å². The number of likely N-dealkylation sites (tertiary alicyclic amines) is 1. The van der Waals surface area contributed by atoms with Crippen molar-refractivity contribution in [1.82, 2.24) is 14.9 Å². The van der Waals surface area contributed by atoms with Crippen molar-refractivity contribution in [2.45, 2.75) is 31.7 Å². The maximum Gasteiger partial charge on any atom is 0.240 e. The Morgan fingerprint density at radius 2 is 2.00 bits per heavy atom. The van der Waals surface area contributed by atoms with E-state index in [2.05, 4.69) is 9.97 Å². The van der Waals surface area contributed by atoms with Crippen LogP contribution in [0.3, 0.4) is 0 Å². The van der Waals surface area contributed by atoms with Crippen LogP contribution in [-0.2, 0) is 15.0 Å². The Labute approximate surface area is 123 Å². The smallest absolute Gasteiger partial charge is 0.240 e. The summed E-state index contributed by atoms with van der Waals surface area (Å²) in [6.07, 6.45) is 3.50. The molecule has 1 N–H and O–H groups in total. The minimum Gasteiger partial charge on any atom is -0.347 e. The molecule has 2 atom stereocenters. The van der Waals surface area contributed by atoms with Crippen molar-refractivity contribution in [3.63, 3.8) is 0 Å². The molecule has 1 fully saturated rings. The highest BCUT2D eigenvalue weighted by Crippen LogP contribution is 2.39. The maximum atomic E-state index is 12.8. The molecule has 0 spiro atoms. The zero-order chi connectivity index (χ0) is 15.0. The molecule has 2 aromatic rings. The number of imidazole rings is 1. The number of amides is 2. The molecule has 1 aliphatic heterocycles. The van der Waals surface area contributed by atoms with Gasteiger partial charge in [0.05, 0.1) is 11.5 Å². The molecule has 0 bridgehead atoms. The second-order valence-electron chi connectivity index (χ2n) is 5.59. The number of H-pyrrole nitrogens is 1. The first-order valence-electron chi connectivity index (χ1n) is 6.95. The summed E-state index contributed by atoms with van der Waals surface area (Å²) in [5, 5.41) is 0. The highest BCUT2D eigenvalue weighted by molar-refractivity contribution is 6.09. The SMILES string of the molecule is CC(c1ncc[nH]1)N1C(=O)CC(C)(c2ccccc2)C1=O. The third-order valence-electron chi connectivity index (χ3n) is 4.18. The largest absolute Gasteiger partial charge is 0.347 e. The zero-order valence-electron chi connectivity index (χ0n) is 12.0. The fourth-order valence-electron chi connectivity index (χ4n) is 2.89. The Morgan fingerprint density at radius 1 is 1.29 bits per heavy atom. The third kappa shape index (κ3) is 2.05. The van der Waals surface area contributed by atoms with Gasteiger partial charge in [0.1, 0.15) is 5.82 Å². The topological polar surface area (TPSA) is 66.1 Å². The van der Waals surface area contributed by atoms with Gasteiger partial charge in [0.15, 0.2) is 0 Å². The first-order chi connectivity index (χ1) is 10.0. The van der Waals surface area contributed by atoms with E-state index < -0.39 is 5.41 Å². The van der Waals surface area contributed by atoms with Gasteiger partial charge in [-0.2, -0.15) is 0 Å². The summed E-state index contributed by atoms with van der Waals surface area (Å²) in [5.41, 5.74) is 0.0802. The summed E-state index contributed by atoms with van der Waals surface area (Å²) in [6.45, 7) is 3.64. The summed E-state index contributed by atoms with van der Waals surface area (Å²) in [5.74, 6) is 0.298. The van der Waals surface area contributed by atoms with Gasteiger partial charge in [-0.25, -0.2) is 4.98 Å². The van der Waals surface area contributed by atoms with Gasteiger partial charge >= 0.3 is 0 Å². The van der Waals surface area contributed by atoms with Crippen molar-refractivity contribution >= 4 is 11.8 Å². The number of hydrogen-bond donors (Lipinski definition) is 1. The van der Waals surface area contributed by atoms with Crippen molar-refractivity contribution in [3.05, 3.63) is 54.1 Å². The van der Waals surface area contributed by atoms with E-state index in [1.54, 1.807) is 12.4 Å². The van der Waals surface area contributed by atoms with E-state index >= 15 is 0 Å². The summed E-state index contributed by atoms with van der Waals surface area (Å²) < 4.78 is 0. The molecule has 0 aliphatic carbocycles. The summed E-state index contributed by atoms with van der Waals surface area (Å²) >= 11 is 0. The maximum absolute atomic E-state index is 12.8. The molecule has 5 nitrogen and oxygen atoms in total. The normalized spacial score (nSPS) is 23.6. The summed E-state index contributed by atoms with van der Waals surface area (Å²) in [4.78, 5) is 33.7. The quantitative estimate of drug-likeness (QED) is 0.878. The molecule has 21 heavy (non-hydrogen) atoms. The van der Waals surface area contributed by atoms with Gasteiger partial charge in [-0.15, -0.1) is 0 Å². The number of carbonyl (C=O) groups is 2. The van der Waals surface area contributed by atoms with Crippen LogP contribution in [0.1, 0.15) is 37.7 Å². The minimum atomic E-state index is -0.792. The number of nitrogens with zero attached hydrogens (tertiary/aromatic N) is 2. The van der Waals surface area contributed by atoms with Gasteiger partial charge in [-0.05, 0) is 19.4 Å². The molecule has 2 heterocycles. The molecule has 1 aromatic heterocycles. The molecule has 2 unspecified atom stereocenters. The van der Waals surface area contributed by atoms with Crippen molar-refractivity contribution in [1.29, 1.82) is 0 Å². The van der Waals surface area contributed by atoms with Crippen LogP contribution in [0.15, 0.2) is 42.7 Å². The highest BCUT2D eigenvalue weighted by atomic mass is 16.2. The molecule has 2 amide bonds. The average Bonchev–Trinajstić information content (AvgIpc) is 3.08. The van der Waals surface area contributed by atoms with Crippen LogP contribution in [0.5, 0.6) is 0 Å². The van der Waals surface area contributed by atoms with Gasteiger partial charge < -0.3 is 4.98 Å². The number of carbonyl (C=O) groups excluding carboxylic acids is 2. The number of imide groups is 1. The lowest BCUT2D eigenvalue weighted by atomic mass is 9.81. The van der Waals surface area contributed by atoms with Crippen LogP contribution in [0.2, 0.25) is 0 Å². The fourth-order valence-corrected chi connectivity index (χ4v) is 2.89. The molecule has 3 rings (SSSR count). The van der Waals surface area contributed by atoms with E-state index in [0.717, 1.165) is 5.56 Å². The number of rotatable bonds is 3. The minimum absolute atomic E-state index is 0.157. The number of aromatic amines is 1. The lowest BCUT2D eigenvalue weighted by Crippen LogP contribution is -2.38. The molecule has 5 heteroatoms. The second kappa shape index (κ2) is 4.84. The molecule has 1 aromatic carbocycles. The van der Waals surface area contributed by atoms with Crippen molar-refractivity contribution in [2.75, 3.05) is 0 Å². The molecule has 0 saturated carbocycles. The van der Waals surface area contributed by atoms with E-state index in [9.17, 15) is 9.59 Å². The first kappa shape index (κ1) is 13.5. The standard InChI is InChI=1S/C16H17N3O2/c1-11(14-17-8-9-18-14)19-13(20)10-16(2,15(19)21)12-6-4-3-5-7-12/h3-9,11H,10H2,1-2H3,(H,17,18). The van der Waals surface area contributed by atoms with Gasteiger partial charge in [0, 0.05) is 18.8 Å². The third-order valence-corrected chi connectivity index (χ3v) is 4.18. The Balaban J connectivity index is 1.96. The van der Waals surface area contributed by atoms with Gasteiger partial charge in [-0.1, -0.05) is 30.3 Å². The van der Waals surface area contributed by atoms with E-state index in [-0.39, 0.29) is 24.3 Å². The van der Waals surface area contributed by atoms with Crippen LogP contribution in [-0.4, -0.2) is 26.7 Å². The van der Waals surface area contributed by atoms with Crippen LogP contribution < -0.4 is 0 Å². The number of nitrogens with one attached hydrogen (secondary N) is 1. The Hall–Kier alpha value is -2.43. The Morgan fingerprint density at radius 3 is 2.62 bits per heavy atom. The van der Waals surface area contributed by atoms with Crippen LogP contribution in [0, 0.1) is 0 Å². The van der Waals surface area contributed by atoms with Gasteiger partial charge in [-0.3, -0.25) is 14.5 Å². The molecular formula is C16H17N3O2. The number of aromatic nitrogens is 2. The van der Waals surface area contributed by atoms with Crippen molar-refractivity contribution in [2.24, 2.45) is 0 Å². The fraction of sp³-hybridized carbons (Fsp3) is 0.312. The lowest BCUT2D eigenvalue weighted by molar-refractivity contribution is -0.142. The molecule has 1 saturated heterocycles. The Bertz CT molecular complexity index is 666. The molecule has 1 aliphatic rings. The van der Waals surface area contributed by atoms with E-state index in [4.69, 9.17) is 0 Å². The number of hydrogen-bond acceptors (Lipinski definition) is 3. The summed E-state index contributed by atoms with van der Waals surface area (Å²) in [7, 11) is 0. The van der Waals surface area contributed by atoms with Crippen molar-refractivity contribution in [3.8, 4) is 0 Å². The van der Waals surface area contributed by atoms with Crippen LogP contribution >= 0.6 is 0 Å². The van der Waals surface area contributed by atoms with Crippen LogP contribution in [0.4, 0.5) is 0 Å². The molecule has 0 radical (unpaired) electrons. The van der Waals surface area contributed by atoms with E-state index in [0.29, 0.717) is 5.82 Å². The predicted octanol–water partition coefficient (Wildman–Crippen LogP) is 2.19. The van der Waals surface area contributed by atoms with Crippen LogP contribution in [0.25, 0.3) is 0 Å². The molecular weight excluding hydrogens is 266 g/mol. The van der Waals surface area contributed by atoms with E-state index in [1.165, 1.54) is 4.90 Å². The molecule has 108 valence electrons. The monoisotopic (exact) mass is 283 g/mol. The van der Waals surface area contributed by atoms with Gasteiger partial charge in [0.25, 0.3) is 0 Å². The van der Waals surface area contributed by atoms with Crippen molar-refractivity contribution < 1.29 is 9.59 Å². The predicted molar refractivity (Wildman–Crippen MR) is 77.3 cm³/mol. The van der Waals surface area contributed by atoms with Gasteiger partial charge in [0.2, 0.25) is 11.8 Å². The summed E-state index contributed by atoms with van der Waals surface area (Å²) in [6, 6.07) is 9.08.